The second kappa shape index (κ2) is 10.4. The zero-order valence-corrected chi connectivity index (χ0v) is 23.6. The maximum atomic E-state index is 13.9. The van der Waals surface area contributed by atoms with Gasteiger partial charge in [0.2, 0.25) is 0 Å². The standard InChI is InChI=1S/C27H25NO6S3/c1-14-7-12-18-17(13-14)19(26-36-20(24(30)33-5)21(37-26)25(31)34-6)22(35)27(2,3)28(18)23(29)15-8-10-16(32-4)11-9-15/h7-13H,1-6H3. The lowest BCUT2D eigenvalue weighted by molar-refractivity contribution is -0.138. The molecule has 0 saturated carbocycles. The minimum Gasteiger partial charge on any atom is -0.497 e. The molecule has 37 heavy (non-hydrogen) atoms. The highest BCUT2D eigenvalue weighted by Gasteiger charge is 2.46. The smallest absolute Gasteiger partial charge is 0.346 e. The van der Waals surface area contributed by atoms with Gasteiger partial charge in [0.15, 0.2) is 0 Å². The predicted molar refractivity (Wildman–Crippen MR) is 151 cm³/mol. The number of thiocarbonyl (C=S) groups is 1. The number of fused-ring (bicyclic) bond motifs is 1. The molecule has 0 radical (unpaired) electrons. The quantitative estimate of drug-likeness (QED) is 0.275. The van der Waals surface area contributed by atoms with Crippen molar-refractivity contribution in [3.63, 3.8) is 0 Å². The number of nitrogens with zero attached hydrogens (tertiary/aromatic N) is 1. The van der Waals surface area contributed by atoms with Crippen molar-refractivity contribution in [1.29, 1.82) is 0 Å². The van der Waals surface area contributed by atoms with Crippen LogP contribution in [0.1, 0.15) is 35.3 Å². The zero-order valence-electron chi connectivity index (χ0n) is 21.2. The number of anilines is 1. The van der Waals surface area contributed by atoms with E-state index in [1.54, 1.807) is 36.3 Å². The molecule has 4 rings (SSSR count). The Labute approximate surface area is 229 Å². The first-order valence-corrected chi connectivity index (χ1v) is 13.2. The summed E-state index contributed by atoms with van der Waals surface area (Å²) in [5.74, 6) is -0.816. The van der Waals surface area contributed by atoms with Gasteiger partial charge in [0.05, 0.1) is 41.7 Å². The summed E-state index contributed by atoms with van der Waals surface area (Å²) in [6, 6.07) is 12.7. The molecular formula is C27H25NO6S3. The molecule has 0 aliphatic carbocycles. The number of rotatable bonds is 4. The molecule has 0 aromatic heterocycles. The largest absolute Gasteiger partial charge is 0.497 e. The molecule has 2 aromatic rings. The first-order chi connectivity index (χ1) is 17.5. The van der Waals surface area contributed by atoms with Crippen molar-refractivity contribution >= 4 is 69.7 Å². The molecular weight excluding hydrogens is 530 g/mol. The van der Waals surface area contributed by atoms with Crippen molar-refractivity contribution < 1.29 is 28.6 Å². The Bertz CT molecular complexity index is 1360. The molecule has 0 fully saturated rings. The average molecular weight is 556 g/mol. The summed E-state index contributed by atoms with van der Waals surface area (Å²) in [7, 11) is 4.09. The summed E-state index contributed by atoms with van der Waals surface area (Å²) in [5, 5.41) is 0. The van der Waals surface area contributed by atoms with Crippen LogP contribution in [0.5, 0.6) is 5.75 Å². The monoisotopic (exact) mass is 555 g/mol. The maximum Gasteiger partial charge on any atom is 0.346 e. The van der Waals surface area contributed by atoms with Crippen molar-refractivity contribution in [3.8, 4) is 5.75 Å². The summed E-state index contributed by atoms with van der Waals surface area (Å²) in [4.78, 5) is 41.3. The van der Waals surface area contributed by atoms with Crippen molar-refractivity contribution in [2.24, 2.45) is 0 Å². The highest BCUT2D eigenvalue weighted by atomic mass is 32.2. The van der Waals surface area contributed by atoms with Crippen LogP contribution in [0.15, 0.2) is 56.5 Å². The van der Waals surface area contributed by atoms with Gasteiger partial charge in [-0.3, -0.25) is 9.69 Å². The number of hydrogen-bond donors (Lipinski definition) is 0. The van der Waals surface area contributed by atoms with Crippen molar-refractivity contribution in [2.45, 2.75) is 26.3 Å². The first kappa shape index (κ1) is 27.0. The van der Waals surface area contributed by atoms with E-state index in [2.05, 4.69) is 0 Å². The molecule has 2 heterocycles. The van der Waals surface area contributed by atoms with E-state index in [4.69, 9.17) is 26.4 Å². The van der Waals surface area contributed by atoms with Crippen LogP contribution in [0, 0.1) is 6.92 Å². The highest BCUT2D eigenvalue weighted by molar-refractivity contribution is 8.29. The molecule has 0 saturated heterocycles. The normalized spacial score (nSPS) is 16.5. The van der Waals surface area contributed by atoms with Gasteiger partial charge in [0, 0.05) is 16.7 Å². The van der Waals surface area contributed by atoms with E-state index in [9.17, 15) is 14.4 Å². The van der Waals surface area contributed by atoms with Crippen LogP contribution >= 0.6 is 35.7 Å². The lowest BCUT2D eigenvalue weighted by atomic mass is 9.82. The van der Waals surface area contributed by atoms with Gasteiger partial charge in [-0.2, -0.15) is 0 Å². The average Bonchev–Trinajstić information content (AvgIpc) is 3.33. The fourth-order valence-corrected chi connectivity index (χ4v) is 7.19. The number of amides is 1. The van der Waals surface area contributed by atoms with Gasteiger partial charge in [-0.05, 0) is 57.2 Å². The molecule has 10 heteroatoms. The lowest BCUT2D eigenvalue weighted by Gasteiger charge is -2.45. The SMILES string of the molecule is COC(=O)C1=C(C(=O)OC)SC(=C2C(=S)C(C)(C)N(C(=O)c3ccc(OC)cc3)c3ccc(C)cc32)S1. The molecule has 2 aliphatic rings. The van der Waals surface area contributed by atoms with E-state index < -0.39 is 17.5 Å². The third-order valence-electron chi connectivity index (χ3n) is 6.09. The number of aryl methyl sites for hydroxylation is 1. The number of carbonyl (C=O) groups is 3. The molecule has 0 atom stereocenters. The minimum absolute atomic E-state index is 0.147. The van der Waals surface area contributed by atoms with E-state index in [1.807, 2.05) is 39.0 Å². The molecule has 7 nitrogen and oxygen atoms in total. The van der Waals surface area contributed by atoms with Crippen LogP contribution in [-0.2, 0) is 19.1 Å². The number of benzene rings is 2. The predicted octanol–water partition coefficient (Wildman–Crippen LogP) is 5.52. The van der Waals surface area contributed by atoms with Gasteiger partial charge in [0.25, 0.3) is 5.91 Å². The van der Waals surface area contributed by atoms with Gasteiger partial charge in [0.1, 0.15) is 15.6 Å². The van der Waals surface area contributed by atoms with E-state index in [-0.39, 0.29) is 15.7 Å². The Morgan fingerprint density at radius 1 is 0.892 bits per heavy atom. The van der Waals surface area contributed by atoms with Crippen LogP contribution in [0.25, 0.3) is 5.57 Å². The third-order valence-corrected chi connectivity index (χ3v) is 9.35. The molecule has 0 bridgehead atoms. The van der Waals surface area contributed by atoms with Crippen LogP contribution in [-0.4, -0.2) is 49.6 Å². The number of thioether (sulfide) groups is 2. The fourth-order valence-electron chi connectivity index (χ4n) is 4.16. The van der Waals surface area contributed by atoms with Crippen molar-refractivity contribution in [2.75, 3.05) is 26.2 Å². The third kappa shape index (κ3) is 4.69. The summed E-state index contributed by atoms with van der Waals surface area (Å²) < 4.78 is 15.7. The summed E-state index contributed by atoms with van der Waals surface area (Å²) in [5.41, 5.74) is 2.69. The Kier molecular flexibility index (Phi) is 7.55. The fraction of sp³-hybridized carbons (Fsp3) is 0.259. The molecule has 2 aromatic carbocycles. The number of hydrogen-bond acceptors (Lipinski definition) is 9. The minimum atomic E-state index is -0.905. The second-order valence-corrected chi connectivity index (χ2v) is 11.5. The van der Waals surface area contributed by atoms with Crippen molar-refractivity contribution in [3.05, 3.63) is 73.2 Å². The Morgan fingerprint density at radius 3 is 1.97 bits per heavy atom. The number of carbonyl (C=O) groups excluding carboxylic acids is 3. The van der Waals surface area contributed by atoms with Gasteiger partial charge in [-0.25, -0.2) is 9.59 Å². The van der Waals surface area contributed by atoms with Gasteiger partial charge in [-0.1, -0.05) is 47.4 Å². The summed E-state index contributed by atoms with van der Waals surface area (Å²) in [6.07, 6.45) is 0. The number of ether oxygens (including phenoxy) is 3. The van der Waals surface area contributed by atoms with Gasteiger partial charge in [-0.15, -0.1) is 0 Å². The van der Waals surface area contributed by atoms with Crippen LogP contribution in [0.2, 0.25) is 0 Å². The number of methoxy groups -OCH3 is 3. The highest BCUT2D eigenvalue weighted by Crippen LogP contribution is 2.56. The molecule has 0 spiro atoms. The van der Waals surface area contributed by atoms with E-state index in [0.717, 1.165) is 34.7 Å². The molecule has 192 valence electrons. The Morgan fingerprint density at radius 2 is 1.46 bits per heavy atom. The molecule has 2 aliphatic heterocycles. The lowest BCUT2D eigenvalue weighted by Crippen LogP contribution is -2.56. The van der Waals surface area contributed by atoms with Gasteiger partial charge >= 0.3 is 11.9 Å². The van der Waals surface area contributed by atoms with Gasteiger partial charge < -0.3 is 14.2 Å². The first-order valence-electron chi connectivity index (χ1n) is 11.2. The van der Waals surface area contributed by atoms with E-state index in [1.165, 1.54) is 14.2 Å². The van der Waals surface area contributed by atoms with E-state index in [0.29, 0.717) is 31.7 Å². The maximum absolute atomic E-state index is 13.9. The zero-order chi connectivity index (χ0) is 27.1. The Hall–Kier alpha value is -3.08. The van der Waals surface area contributed by atoms with Crippen LogP contribution in [0.3, 0.4) is 0 Å². The van der Waals surface area contributed by atoms with E-state index >= 15 is 0 Å². The number of esters is 2. The molecule has 1 amide bonds. The summed E-state index contributed by atoms with van der Waals surface area (Å²) >= 11 is 8.28. The molecule has 0 N–H and O–H groups in total. The Balaban J connectivity index is 1.89. The summed E-state index contributed by atoms with van der Waals surface area (Å²) in [6.45, 7) is 5.73. The van der Waals surface area contributed by atoms with Crippen molar-refractivity contribution in [1.82, 2.24) is 0 Å². The van der Waals surface area contributed by atoms with Crippen LogP contribution < -0.4 is 9.64 Å². The van der Waals surface area contributed by atoms with Crippen LogP contribution in [0.4, 0.5) is 5.69 Å². The topological polar surface area (TPSA) is 82.1 Å². The second-order valence-electron chi connectivity index (χ2n) is 8.79. The molecule has 0 unspecified atom stereocenters.